The maximum atomic E-state index is 13.2. The number of amides is 2. The third-order valence-electron chi connectivity index (χ3n) is 6.51. The fourth-order valence-electron chi connectivity index (χ4n) is 4.38. The van der Waals surface area contributed by atoms with Crippen molar-refractivity contribution < 1.29 is 24.5 Å². The van der Waals surface area contributed by atoms with Gasteiger partial charge in [0.25, 0.3) is 5.56 Å². The number of hydrogen-bond donors (Lipinski definition) is 4. The number of aromatic hydroxyl groups is 1. The van der Waals surface area contributed by atoms with Gasteiger partial charge in [-0.05, 0) is 65.6 Å². The molecule has 0 saturated heterocycles. The van der Waals surface area contributed by atoms with Crippen molar-refractivity contribution in [1.29, 1.82) is 0 Å². The van der Waals surface area contributed by atoms with Crippen LogP contribution in [0, 0.1) is 13.8 Å². The molecular formula is C29H28ClN3O6. The maximum absolute atomic E-state index is 13.2. The van der Waals surface area contributed by atoms with Crippen LogP contribution in [0.4, 0.5) is 10.5 Å². The van der Waals surface area contributed by atoms with Crippen LogP contribution in [0.25, 0.3) is 10.8 Å². The number of urea groups is 1. The zero-order chi connectivity index (χ0) is 28.3. The molecule has 0 aliphatic carbocycles. The van der Waals surface area contributed by atoms with Crippen LogP contribution in [0.1, 0.15) is 34.7 Å². The summed E-state index contributed by atoms with van der Waals surface area (Å²) in [6.07, 6.45) is 1.09. The van der Waals surface area contributed by atoms with Gasteiger partial charge >= 0.3 is 12.0 Å². The minimum atomic E-state index is -1.12. The first kappa shape index (κ1) is 27.5. The van der Waals surface area contributed by atoms with Gasteiger partial charge in [-0.3, -0.25) is 9.59 Å². The molecule has 0 aliphatic rings. The molecule has 0 bridgehead atoms. The number of halogens is 1. The molecular weight excluding hydrogens is 522 g/mol. The van der Waals surface area contributed by atoms with Gasteiger partial charge in [0.1, 0.15) is 11.5 Å². The smallest absolute Gasteiger partial charge is 0.319 e. The van der Waals surface area contributed by atoms with E-state index in [9.17, 15) is 24.6 Å². The summed E-state index contributed by atoms with van der Waals surface area (Å²) in [7, 11) is 1.57. The van der Waals surface area contributed by atoms with Crippen LogP contribution in [0.3, 0.4) is 0 Å². The molecule has 10 heteroatoms. The topological polar surface area (TPSA) is 130 Å². The number of aromatic nitrogens is 1. The monoisotopic (exact) mass is 549 g/mol. The molecule has 4 N–H and O–H groups in total. The quantitative estimate of drug-likeness (QED) is 0.234. The Morgan fingerprint density at radius 2 is 1.77 bits per heavy atom. The second-order valence-electron chi connectivity index (χ2n) is 9.23. The van der Waals surface area contributed by atoms with E-state index >= 15 is 0 Å². The summed E-state index contributed by atoms with van der Waals surface area (Å²) < 4.78 is 6.60. The van der Waals surface area contributed by atoms with E-state index in [4.69, 9.17) is 16.3 Å². The molecule has 1 heterocycles. The van der Waals surface area contributed by atoms with E-state index in [2.05, 4.69) is 10.6 Å². The molecule has 3 aromatic carbocycles. The number of rotatable bonds is 8. The van der Waals surface area contributed by atoms with Crippen molar-refractivity contribution in [3.63, 3.8) is 0 Å². The second kappa shape index (κ2) is 11.5. The van der Waals surface area contributed by atoms with Crippen LogP contribution in [0.5, 0.6) is 11.5 Å². The molecule has 9 nitrogen and oxygen atoms in total. The lowest BCUT2D eigenvalue weighted by Gasteiger charge is -2.20. The number of benzene rings is 3. The van der Waals surface area contributed by atoms with Gasteiger partial charge in [-0.25, -0.2) is 4.79 Å². The molecule has 0 spiro atoms. The number of pyridine rings is 1. The lowest BCUT2D eigenvalue weighted by Crippen LogP contribution is -2.36. The van der Waals surface area contributed by atoms with Crippen LogP contribution in [0.15, 0.2) is 65.6 Å². The number of carbonyl (C=O) groups is 2. The number of nitrogens with zero attached hydrogens (tertiary/aromatic N) is 1. The Balaban J connectivity index is 1.61. The second-order valence-corrected chi connectivity index (χ2v) is 9.63. The molecule has 0 radical (unpaired) electrons. The summed E-state index contributed by atoms with van der Waals surface area (Å²) in [6.45, 7) is 3.61. The Hall–Kier alpha value is -4.50. The average molecular weight is 550 g/mol. The van der Waals surface area contributed by atoms with E-state index in [1.807, 2.05) is 37.3 Å². The first-order valence-electron chi connectivity index (χ1n) is 12.1. The Bertz CT molecular complexity index is 1610. The van der Waals surface area contributed by atoms with Gasteiger partial charge in [0, 0.05) is 16.8 Å². The van der Waals surface area contributed by atoms with Gasteiger partial charge in [0.2, 0.25) is 0 Å². The summed E-state index contributed by atoms with van der Waals surface area (Å²) in [4.78, 5) is 37.9. The number of anilines is 1. The van der Waals surface area contributed by atoms with Crippen molar-refractivity contribution in [3.05, 3.63) is 98.4 Å². The van der Waals surface area contributed by atoms with Crippen molar-refractivity contribution in [2.75, 3.05) is 12.4 Å². The number of fused-ring (bicyclic) bond motifs is 1. The molecule has 0 saturated carbocycles. The van der Waals surface area contributed by atoms with E-state index in [1.165, 1.54) is 10.8 Å². The highest BCUT2D eigenvalue weighted by molar-refractivity contribution is 6.31. The van der Waals surface area contributed by atoms with Gasteiger partial charge in [-0.2, -0.15) is 0 Å². The Kier molecular flexibility index (Phi) is 8.11. The molecule has 1 unspecified atom stereocenters. The van der Waals surface area contributed by atoms with E-state index in [0.29, 0.717) is 21.9 Å². The zero-order valence-electron chi connectivity index (χ0n) is 21.6. The Labute approximate surface area is 229 Å². The number of aliphatic carboxylic acids is 1. The van der Waals surface area contributed by atoms with Crippen molar-refractivity contribution in [1.82, 2.24) is 9.88 Å². The maximum Gasteiger partial charge on any atom is 0.319 e. The number of carboxylic acids is 1. The van der Waals surface area contributed by atoms with Crippen molar-refractivity contribution in [2.24, 2.45) is 0 Å². The zero-order valence-corrected chi connectivity index (χ0v) is 22.4. The lowest BCUT2D eigenvalue weighted by molar-refractivity contribution is -0.137. The SMILES string of the molecule is COc1ccc2cc(C(CC(=O)O)NC(=O)Nc3c(O)c(C)cn(Cc4c(C)cccc4Cl)c3=O)ccc2c1. The van der Waals surface area contributed by atoms with E-state index < -0.39 is 30.0 Å². The number of ether oxygens (including phenoxy) is 1. The molecule has 1 atom stereocenters. The van der Waals surface area contributed by atoms with Crippen molar-refractivity contribution >= 4 is 40.1 Å². The summed E-state index contributed by atoms with van der Waals surface area (Å²) in [5.41, 5.74) is 1.58. The van der Waals surface area contributed by atoms with Gasteiger partial charge in [-0.1, -0.05) is 41.9 Å². The van der Waals surface area contributed by atoms with Gasteiger partial charge in [0.05, 0.1) is 26.1 Å². The molecule has 0 fully saturated rings. The summed E-state index contributed by atoms with van der Waals surface area (Å²) in [5, 5.41) is 27.3. The van der Waals surface area contributed by atoms with Crippen molar-refractivity contribution in [3.8, 4) is 11.5 Å². The number of aryl methyl sites for hydroxylation is 2. The van der Waals surface area contributed by atoms with E-state index in [1.54, 1.807) is 38.3 Å². The standard InChI is InChI=1S/C29H28ClN3O6/c1-16-5-4-6-23(30)22(16)15-33-14-17(2)27(36)26(28(33)37)32-29(38)31-24(13-25(34)35)20-8-7-19-12-21(39-3)10-9-18(19)11-20/h4-12,14,24,36H,13,15H2,1-3H3,(H,34,35)(H2,31,32,38). The highest BCUT2D eigenvalue weighted by atomic mass is 35.5. The average Bonchev–Trinajstić information content (AvgIpc) is 2.90. The fourth-order valence-corrected chi connectivity index (χ4v) is 4.67. The molecule has 39 heavy (non-hydrogen) atoms. The number of carbonyl (C=O) groups excluding carboxylic acids is 1. The van der Waals surface area contributed by atoms with E-state index in [0.717, 1.165) is 21.9 Å². The van der Waals surface area contributed by atoms with Crippen LogP contribution < -0.4 is 20.9 Å². The van der Waals surface area contributed by atoms with Crippen LogP contribution in [0.2, 0.25) is 5.02 Å². The lowest BCUT2D eigenvalue weighted by atomic mass is 9.99. The largest absolute Gasteiger partial charge is 0.505 e. The molecule has 202 valence electrons. The molecule has 4 rings (SSSR count). The van der Waals surface area contributed by atoms with Gasteiger partial charge < -0.3 is 30.2 Å². The highest BCUT2D eigenvalue weighted by Crippen LogP contribution is 2.28. The minimum Gasteiger partial charge on any atom is -0.505 e. The summed E-state index contributed by atoms with van der Waals surface area (Å²) in [5.74, 6) is -0.814. The first-order valence-corrected chi connectivity index (χ1v) is 12.5. The van der Waals surface area contributed by atoms with E-state index in [-0.39, 0.29) is 18.0 Å². The molecule has 1 aromatic heterocycles. The summed E-state index contributed by atoms with van der Waals surface area (Å²) >= 11 is 6.34. The predicted molar refractivity (Wildman–Crippen MR) is 150 cm³/mol. The molecule has 2 amide bonds. The summed E-state index contributed by atoms with van der Waals surface area (Å²) in [6, 6.07) is 14.4. The van der Waals surface area contributed by atoms with Gasteiger partial charge in [-0.15, -0.1) is 0 Å². The minimum absolute atomic E-state index is 0.130. The molecule has 4 aromatic rings. The third-order valence-corrected chi connectivity index (χ3v) is 6.87. The van der Waals surface area contributed by atoms with Crippen LogP contribution in [-0.4, -0.2) is 33.9 Å². The highest BCUT2D eigenvalue weighted by Gasteiger charge is 2.22. The van der Waals surface area contributed by atoms with Crippen LogP contribution in [-0.2, 0) is 11.3 Å². The number of nitrogens with one attached hydrogen (secondary N) is 2. The molecule has 0 aliphatic heterocycles. The first-order chi connectivity index (χ1) is 18.6. The number of carboxylic acid groups (broad SMARTS) is 1. The fraction of sp³-hybridized carbons (Fsp3) is 0.207. The predicted octanol–water partition coefficient (Wildman–Crippen LogP) is 5.37. The normalized spacial score (nSPS) is 11.7. The van der Waals surface area contributed by atoms with Gasteiger partial charge in [0.15, 0.2) is 5.69 Å². The Morgan fingerprint density at radius 1 is 1.05 bits per heavy atom. The van der Waals surface area contributed by atoms with Crippen molar-refractivity contribution in [2.45, 2.75) is 32.9 Å². The number of hydrogen-bond acceptors (Lipinski definition) is 5. The third kappa shape index (κ3) is 6.15. The Morgan fingerprint density at radius 3 is 2.46 bits per heavy atom. The van der Waals surface area contributed by atoms with Crippen LogP contribution >= 0.6 is 11.6 Å². The number of methoxy groups -OCH3 is 1.